The van der Waals surface area contributed by atoms with Gasteiger partial charge in [-0.05, 0) is 24.3 Å². The minimum absolute atomic E-state index is 0.0577. The Labute approximate surface area is 161 Å². The maximum atomic E-state index is 13.5. The normalized spacial score (nSPS) is 13.9. The van der Waals surface area contributed by atoms with E-state index in [2.05, 4.69) is 9.97 Å². The van der Waals surface area contributed by atoms with Crippen LogP contribution < -0.4 is 10.9 Å². The Balaban J connectivity index is 1.89. The molecule has 0 bridgehead atoms. The summed E-state index contributed by atoms with van der Waals surface area (Å²) in [6.45, 7) is -0.523. The molecule has 3 rings (SSSR count). The van der Waals surface area contributed by atoms with E-state index >= 15 is 0 Å². The number of aliphatic hydroxyl groups is 1. The SMILES string of the molecule is O=C(NCc1nc2ccccc2c(=O)[nH]1)[C@@](O)(c1ccc(Cl)cc1)C(F)(F)F. The molecule has 3 N–H and O–H groups in total. The molecule has 1 amide bonds. The highest BCUT2D eigenvalue weighted by Gasteiger charge is 2.60. The number of halogens is 4. The molecule has 1 aromatic heterocycles. The number of rotatable bonds is 4. The van der Waals surface area contributed by atoms with Gasteiger partial charge >= 0.3 is 6.18 Å². The fourth-order valence-electron chi connectivity index (χ4n) is 2.63. The second-order valence-corrected chi connectivity index (χ2v) is 6.36. The maximum absolute atomic E-state index is 13.5. The number of hydrogen-bond acceptors (Lipinski definition) is 4. The molecule has 0 saturated heterocycles. The lowest BCUT2D eigenvalue weighted by Crippen LogP contribution is -2.54. The molecule has 28 heavy (non-hydrogen) atoms. The van der Waals surface area contributed by atoms with E-state index in [1.807, 2.05) is 5.32 Å². The molecule has 0 aliphatic rings. The largest absolute Gasteiger partial charge is 0.430 e. The fraction of sp³-hybridized carbons (Fsp3) is 0.167. The maximum Gasteiger partial charge on any atom is 0.430 e. The zero-order valence-electron chi connectivity index (χ0n) is 14.0. The van der Waals surface area contributed by atoms with Gasteiger partial charge in [0, 0.05) is 10.6 Å². The van der Waals surface area contributed by atoms with Crippen molar-refractivity contribution in [2.75, 3.05) is 0 Å². The van der Waals surface area contributed by atoms with E-state index < -0.39 is 35.4 Å². The van der Waals surface area contributed by atoms with Crippen LogP contribution in [-0.2, 0) is 16.9 Å². The molecule has 10 heteroatoms. The number of aromatic nitrogens is 2. The minimum atomic E-state index is -5.30. The number of benzene rings is 2. The summed E-state index contributed by atoms with van der Waals surface area (Å²) in [7, 11) is 0. The molecule has 0 unspecified atom stereocenters. The standard InChI is InChI=1S/C18H13ClF3N3O3/c19-11-7-5-10(6-8-11)17(28,18(20,21)22)16(27)23-9-14-24-13-4-2-1-3-12(13)15(26)25-14/h1-8,28H,9H2,(H,23,27)(H,24,25,26)/t17-/m0/s1. The van der Waals surface area contributed by atoms with E-state index in [4.69, 9.17) is 11.6 Å². The Kier molecular flexibility index (Phi) is 5.14. The number of alkyl halides is 3. The third kappa shape index (κ3) is 3.58. The highest BCUT2D eigenvalue weighted by molar-refractivity contribution is 6.30. The van der Waals surface area contributed by atoms with Gasteiger partial charge in [-0.25, -0.2) is 4.98 Å². The number of carbonyl (C=O) groups excluding carboxylic acids is 1. The summed E-state index contributed by atoms with van der Waals surface area (Å²) in [5.74, 6) is -1.77. The topological polar surface area (TPSA) is 95.1 Å². The first-order chi connectivity index (χ1) is 13.1. The zero-order chi connectivity index (χ0) is 20.5. The molecular formula is C18H13ClF3N3O3. The Bertz CT molecular complexity index is 1080. The minimum Gasteiger partial charge on any atom is -0.369 e. The fourth-order valence-corrected chi connectivity index (χ4v) is 2.75. The number of para-hydroxylation sites is 1. The summed E-state index contributed by atoms with van der Waals surface area (Å²) >= 11 is 5.65. The zero-order valence-corrected chi connectivity index (χ0v) is 14.8. The van der Waals surface area contributed by atoms with Crippen molar-refractivity contribution in [3.05, 3.63) is 75.3 Å². The van der Waals surface area contributed by atoms with Crippen LogP contribution in [-0.4, -0.2) is 27.2 Å². The number of aromatic amines is 1. The van der Waals surface area contributed by atoms with Crippen molar-refractivity contribution in [2.45, 2.75) is 18.3 Å². The lowest BCUT2D eigenvalue weighted by molar-refractivity contribution is -0.257. The van der Waals surface area contributed by atoms with Crippen molar-refractivity contribution < 1.29 is 23.1 Å². The third-order valence-electron chi connectivity index (χ3n) is 4.08. The van der Waals surface area contributed by atoms with Crippen LogP contribution >= 0.6 is 11.6 Å². The van der Waals surface area contributed by atoms with E-state index in [1.54, 1.807) is 18.2 Å². The molecular weight excluding hydrogens is 399 g/mol. The average Bonchev–Trinajstić information content (AvgIpc) is 2.65. The van der Waals surface area contributed by atoms with Crippen molar-refractivity contribution in [1.82, 2.24) is 15.3 Å². The van der Waals surface area contributed by atoms with Gasteiger partial charge in [0.15, 0.2) is 0 Å². The van der Waals surface area contributed by atoms with Gasteiger partial charge < -0.3 is 15.4 Å². The quantitative estimate of drug-likeness (QED) is 0.615. The summed E-state index contributed by atoms with van der Waals surface area (Å²) in [6, 6.07) is 10.4. The summed E-state index contributed by atoms with van der Waals surface area (Å²) in [6.07, 6.45) is -5.30. The van der Waals surface area contributed by atoms with Crippen LogP contribution in [0.4, 0.5) is 13.2 Å². The molecule has 1 atom stereocenters. The second-order valence-electron chi connectivity index (χ2n) is 5.93. The first kappa shape index (κ1) is 19.8. The molecule has 0 saturated carbocycles. The first-order valence-corrected chi connectivity index (χ1v) is 8.32. The van der Waals surface area contributed by atoms with Gasteiger partial charge in [0.25, 0.3) is 17.1 Å². The average molecular weight is 412 g/mol. The Morgan fingerprint density at radius 1 is 1.14 bits per heavy atom. The van der Waals surface area contributed by atoms with Crippen molar-refractivity contribution in [3.8, 4) is 0 Å². The summed E-state index contributed by atoms with van der Waals surface area (Å²) in [5.41, 5.74) is -4.67. The van der Waals surface area contributed by atoms with Crippen molar-refractivity contribution in [1.29, 1.82) is 0 Å². The summed E-state index contributed by atoms with van der Waals surface area (Å²) in [4.78, 5) is 30.8. The molecule has 0 spiro atoms. The lowest BCUT2D eigenvalue weighted by Gasteiger charge is -2.29. The van der Waals surface area contributed by atoms with Gasteiger partial charge in [0.05, 0.1) is 17.4 Å². The smallest absolute Gasteiger partial charge is 0.369 e. The van der Waals surface area contributed by atoms with Crippen LogP contribution in [0.15, 0.2) is 53.3 Å². The van der Waals surface area contributed by atoms with Crippen LogP contribution in [0.3, 0.4) is 0 Å². The Hall–Kier alpha value is -2.91. The van der Waals surface area contributed by atoms with Crippen LogP contribution in [0.2, 0.25) is 5.02 Å². The van der Waals surface area contributed by atoms with E-state index in [9.17, 15) is 27.9 Å². The van der Waals surface area contributed by atoms with Crippen LogP contribution in [0.5, 0.6) is 0 Å². The highest BCUT2D eigenvalue weighted by atomic mass is 35.5. The number of hydrogen-bond donors (Lipinski definition) is 3. The molecule has 0 aliphatic carbocycles. The van der Waals surface area contributed by atoms with Gasteiger partial charge in [0.1, 0.15) is 5.82 Å². The number of nitrogens with one attached hydrogen (secondary N) is 2. The van der Waals surface area contributed by atoms with Crippen molar-refractivity contribution in [3.63, 3.8) is 0 Å². The first-order valence-electron chi connectivity index (χ1n) is 7.94. The van der Waals surface area contributed by atoms with Gasteiger partial charge in [-0.1, -0.05) is 35.9 Å². The molecule has 0 fully saturated rings. The molecule has 2 aromatic carbocycles. The number of fused-ring (bicyclic) bond motifs is 1. The van der Waals surface area contributed by atoms with Crippen molar-refractivity contribution in [2.24, 2.45) is 0 Å². The third-order valence-corrected chi connectivity index (χ3v) is 4.33. The molecule has 3 aromatic rings. The van der Waals surface area contributed by atoms with E-state index in [0.29, 0.717) is 10.9 Å². The number of nitrogens with zero attached hydrogens (tertiary/aromatic N) is 1. The van der Waals surface area contributed by atoms with Crippen molar-refractivity contribution >= 4 is 28.4 Å². The summed E-state index contributed by atoms with van der Waals surface area (Å²) in [5, 5.41) is 12.6. The second kappa shape index (κ2) is 7.25. The highest BCUT2D eigenvalue weighted by Crippen LogP contribution is 2.39. The van der Waals surface area contributed by atoms with E-state index in [-0.39, 0.29) is 10.8 Å². The van der Waals surface area contributed by atoms with Crippen LogP contribution in [0.1, 0.15) is 11.4 Å². The van der Waals surface area contributed by atoms with Crippen LogP contribution in [0, 0.1) is 0 Å². The van der Waals surface area contributed by atoms with Gasteiger partial charge in [-0.3, -0.25) is 9.59 Å². The molecule has 0 radical (unpaired) electrons. The number of H-pyrrole nitrogens is 1. The number of carbonyl (C=O) groups is 1. The molecule has 1 heterocycles. The Morgan fingerprint density at radius 3 is 2.43 bits per heavy atom. The lowest BCUT2D eigenvalue weighted by atomic mass is 9.92. The monoisotopic (exact) mass is 411 g/mol. The van der Waals surface area contributed by atoms with E-state index in [0.717, 1.165) is 24.3 Å². The number of amides is 1. The summed E-state index contributed by atoms with van der Waals surface area (Å²) < 4.78 is 40.6. The molecule has 0 aliphatic heterocycles. The predicted molar refractivity (Wildman–Crippen MR) is 95.6 cm³/mol. The molecule has 146 valence electrons. The Morgan fingerprint density at radius 2 is 1.79 bits per heavy atom. The van der Waals surface area contributed by atoms with Gasteiger partial charge in [-0.2, -0.15) is 13.2 Å². The van der Waals surface area contributed by atoms with Crippen LogP contribution in [0.25, 0.3) is 10.9 Å². The molecule has 6 nitrogen and oxygen atoms in total. The predicted octanol–water partition coefficient (Wildman–Crippen LogP) is 2.64. The van der Waals surface area contributed by atoms with Gasteiger partial charge in [-0.15, -0.1) is 0 Å². The van der Waals surface area contributed by atoms with Gasteiger partial charge in [0.2, 0.25) is 0 Å². The van der Waals surface area contributed by atoms with E-state index in [1.165, 1.54) is 6.07 Å².